The lowest BCUT2D eigenvalue weighted by Gasteiger charge is -2.61. The lowest BCUT2D eigenvalue weighted by atomic mass is 9.86. The zero-order valence-electron chi connectivity index (χ0n) is 22.3. The molecule has 0 aliphatic heterocycles. The maximum Gasteiger partial charge on any atom is 0.309 e. The molecule has 0 spiro atoms. The van der Waals surface area contributed by atoms with E-state index in [1.54, 1.807) is 7.11 Å². The van der Waals surface area contributed by atoms with Crippen LogP contribution in [0.4, 0.5) is 0 Å². The van der Waals surface area contributed by atoms with E-state index in [9.17, 15) is 4.79 Å². The average Bonchev–Trinajstić information content (AvgIpc) is 3.28. The van der Waals surface area contributed by atoms with Crippen LogP contribution in [0.3, 0.4) is 0 Å². The topological polar surface area (TPSA) is 35.5 Å². The van der Waals surface area contributed by atoms with Crippen LogP contribution in [0.5, 0.6) is 0 Å². The molecule has 0 amide bonds. The summed E-state index contributed by atoms with van der Waals surface area (Å²) in [5, 5.41) is -0.163. The van der Waals surface area contributed by atoms with Gasteiger partial charge in [-0.3, -0.25) is 4.79 Å². The quantitative estimate of drug-likeness (QED) is 0.303. The average molecular weight is 495 g/mol. The fourth-order valence-corrected chi connectivity index (χ4v) is 70.7. The Morgan fingerprint density at radius 1 is 0.871 bits per heavy atom. The number of rotatable bonds is 7. The van der Waals surface area contributed by atoms with Crippen LogP contribution in [0, 0.1) is 11.3 Å². The summed E-state index contributed by atoms with van der Waals surface area (Å²) in [5.74, 6) is 0.000289. The van der Waals surface area contributed by atoms with Gasteiger partial charge in [-0.1, -0.05) is 90.4 Å². The Labute approximate surface area is 195 Å². The number of carbonyl (C=O) groups excluding carboxylic acids is 1. The Balaban J connectivity index is 3.04. The van der Waals surface area contributed by atoms with E-state index in [4.69, 9.17) is 8.85 Å². The number of hydrogen-bond acceptors (Lipinski definition) is 3. The van der Waals surface area contributed by atoms with Crippen LogP contribution in [0.1, 0.15) is 32.3 Å². The van der Waals surface area contributed by atoms with E-state index in [1.165, 1.54) is 5.56 Å². The van der Waals surface area contributed by atoms with Gasteiger partial charge in [0, 0.05) is 11.0 Å². The predicted octanol–water partition coefficient (Wildman–Crippen LogP) is 6.99. The molecule has 0 unspecified atom stereocenters. The summed E-state index contributed by atoms with van der Waals surface area (Å²) in [5.41, 5.74) is 1.21. The zero-order chi connectivity index (χ0) is 24.3. The summed E-state index contributed by atoms with van der Waals surface area (Å²) < 4.78 is 13.2. The van der Waals surface area contributed by atoms with Gasteiger partial charge in [-0.05, 0) is 30.6 Å². The molecule has 31 heavy (non-hydrogen) atoms. The first-order chi connectivity index (χ1) is 13.8. The normalized spacial score (nSPS) is 25.3. The van der Waals surface area contributed by atoms with Gasteiger partial charge in [-0.2, -0.15) is 0 Å². The standard InChI is InChI=1S/C24H46O3Si4/c1-23(2,3)24(20(21(24)22(25)26-4)19-17-15-14-16-18-19)31(29(8,9)10,30(11,12)13)27-28(5,6)7/h14-18,20-21H,1-13H3/t20-,21+,24+/m0/s1. The van der Waals surface area contributed by atoms with Crippen LogP contribution in [0.15, 0.2) is 30.3 Å². The van der Waals surface area contributed by atoms with E-state index in [2.05, 4.69) is 110 Å². The second kappa shape index (κ2) is 8.08. The highest BCUT2D eigenvalue weighted by Gasteiger charge is 2.87. The molecule has 1 aliphatic rings. The second-order valence-electron chi connectivity index (χ2n) is 13.4. The molecule has 3 nitrogen and oxygen atoms in total. The van der Waals surface area contributed by atoms with Crippen LogP contribution in [-0.4, -0.2) is 43.9 Å². The van der Waals surface area contributed by atoms with Crippen LogP contribution < -0.4 is 0 Å². The largest absolute Gasteiger partial charge is 0.469 e. The molecule has 0 saturated heterocycles. The van der Waals surface area contributed by atoms with Crippen molar-refractivity contribution in [3.63, 3.8) is 0 Å². The van der Waals surface area contributed by atoms with Gasteiger partial charge in [-0.15, -0.1) is 0 Å². The molecule has 0 bridgehead atoms. The number of methoxy groups -OCH3 is 1. The number of hydrogen-bond donors (Lipinski definition) is 0. The maximum atomic E-state index is 13.5. The first-order valence-electron chi connectivity index (χ1n) is 11.6. The highest BCUT2D eigenvalue weighted by Crippen LogP contribution is 2.84. The lowest BCUT2D eigenvalue weighted by Crippen LogP contribution is -2.80. The highest BCUT2D eigenvalue weighted by molar-refractivity contribution is 7.68. The number of esters is 1. The summed E-state index contributed by atoms with van der Waals surface area (Å²) in [6, 6.07) is 10.7. The second-order valence-corrected chi connectivity index (χ2v) is 44.4. The minimum atomic E-state index is -2.44. The van der Waals surface area contributed by atoms with Crippen LogP contribution in [0.25, 0.3) is 0 Å². The third-order valence-electron chi connectivity index (χ3n) is 7.21. The Hall–Kier alpha value is -0.482. The molecule has 7 heteroatoms. The van der Waals surface area contributed by atoms with Crippen molar-refractivity contribution in [2.24, 2.45) is 11.3 Å². The molecular formula is C24H46O3Si4. The molecule has 1 aliphatic carbocycles. The van der Waals surface area contributed by atoms with Crippen LogP contribution >= 0.6 is 0 Å². The number of benzene rings is 1. The van der Waals surface area contributed by atoms with Gasteiger partial charge in [-0.25, -0.2) is 0 Å². The summed E-state index contributed by atoms with van der Waals surface area (Å²) in [4.78, 5) is 13.5. The van der Waals surface area contributed by atoms with Gasteiger partial charge < -0.3 is 8.85 Å². The molecule has 1 fully saturated rings. The van der Waals surface area contributed by atoms with E-state index < -0.39 is 30.9 Å². The minimum Gasteiger partial charge on any atom is -0.469 e. The molecule has 2 rings (SSSR count). The maximum absolute atomic E-state index is 13.5. The third-order valence-corrected chi connectivity index (χ3v) is 48.1. The number of ether oxygens (including phenoxy) is 1. The van der Waals surface area contributed by atoms with Gasteiger partial charge in [0.2, 0.25) is 0 Å². The van der Waals surface area contributed by atoms with Crippen molar-refractivity contribution < 1.29 is 13.6 Å². The summed E-state index contributed by atoms with van der Waals surface area (Å²) >= 11 is 0. The van der Waals surface area contributed by atoms with Gasteiger partial charge >= 0.3 is 5.97 Å². The summed E-state index contributed by atoms with van der Waals surface area (Å²) in [6.45, 7) is 29.3. The van der Waals surface area contributed by atoms with E-state index in [-0.39, 0.29) is 28.3 Å². The van der Waals surface area contributed by atoms with E-state index >= 15 is 0 Å². The molecule has 0 heterocycles. The molecule has 176 valence electrons. The third kappa shape index (κ3) is 4.14. The lowest BCUT2D eigenvalue weighted by molar-refractivity contribution is -0.142. The van der Waals surface area contributed by atoms with Crippen molar-refractivity contribution in [3.05, 3.63) is 35.9 Å². The Kier molecular flexibility index (Phi) is 6.97. The highest BCUT2D eigenvalue weighted by atomic mass is 29.7. The van der Waals surface area contributed by atoms with Crippen molar-refractivity contribution in [2.45, 2.75) is 90.7 Å². The van der Waals surface area contributed by atoms with Crippen LogP contribution in [0.2, 0.25) is 64.0 Å². The van der Waals surface area contributed by atoms with Crippen molar-refractivity contribution in [3.8, 4) is 0 Å². The van der Waals surface area contributed by atoms with E-state index in [1.807, 2.05) is 0 Å². The first kappa shape index (κ1) is 26.8. The summed E-state index contributed by atoms with van der Waals surface area (Å²) in [6.07, 6.45) is 0. The van der Waals surface area contributed by atoms with Gasteiger partial charge in [0.25, 0.3) is 0 Å². The zero-order valence-corrected chi connectivity index (χ0v) is 26.3. The SMILES string of the molecule is COC(=O)[C@H]1[C@H](c2ccccc2)[C@@]1(C(C)(C)C)[Si](O[Si](C)(C)C)([Si](C)(C)C)[Si](C)(C)C. The fraction of sp³-hybridized carbons (Fsp3) is 0.708. The smallest absolute Gasteiger partial charge is 0.309 e. The van der Waals surface area contributed by atoms with Crippen molar-refractivity contribution >= 4 is 36.8 Å². The monoisotopic (exact) mass is 494 g/mol. The minimum absolute atomic E-state index is 0.0451. The van der Waals surface area contributed by atoms with Crippen molar-refractivity contribution in [2.75, 3.05) is 7.11 Å². The predicted molar refractivity (Wildman–Crippen MR) is 144 cm³/mol. The molecule has 0 N–H and O–H groups in total. The Morgan fingerprint density at radius 2 is 1.32 bits per heavy atom. The Bertz CT molecular complexity index is 783. The van der Waals surface area contributed by atoms with E-state index in [0.29, 0.717) is 0 Å². The first-order valence-corrected chi connectivity index (χ1v) is 25.9. The van der Waals surface area contributed by atoms with Crippen LogP contribution in [-0.2, 0) is 13.6 Å². The molecule has 1 saturated carbocycles. The van der Waals surface area contributed by atoms with Gasteiger partial charge in [0.05, 0.1) is 28.2 Å². The van der Waals surface area contributed by atoms with Crippen molar-refractivity contribution in [1.29, 1.82) is 0 Å². The van der Waals surface area contributed by atoms with Crippen molar-refractivity contribution in [1.82, 2.24) is 0 Å². The molecule has 1 aromatic rings. The summed E-state index contributed by atoms with van der Waals surface area (Å²) in [7, 11) is -6.43. The van der Waals surface area contributed by atoms with Gasteiger partial charge in [0.15, 0.2) is 15.7 Å². The molecule has 0 radical (unpaired) electrons. The Morgan fingerprint density at radius 3 is 1.65 bits per heavy atom. The molecule has 1 aromatic carbocycles. The number of carbonyl (C=O) groups is 1. The molecular weight excluding hydrogens is 449 g/mol. The van der Waals surface area contributed by atoms with Gasteiger partial charge in [0.1, 0.15) is 0 Å². The molecule has 3 atom stereocenters. The van der Waals surface area contributed by atoms with E-state index in [0.717, 1.165) is 0 Å². The fourth-order valence-electron chi connectivity index (χ4n) is 7.07. The molecule has 0 aromatic heterocycles.